The molecule has 8 N–H and O–H groups in total. The average molecular weight is 839 g/mol. The van der Waals surface area contributed by atoms with E-state index in [1.165, 1.54) is 9.80 Å². The summed E-state index contributed by atoms with van der Waals surface area (Å²) in [6.45, 7) is 4.16. The van der Waals surface area contributed by atoms with Crippen LogP contribution in [0, 0.1) is 13.8 Å². The third kappa shape index (κ3) is 8.37. The van der Waals surface area contributed by atoms with Crippen LogP contribution >= 0.6 is 0 Å². The molecule has 0 saturated carbocycles. The molecule has 62 heavy (non-hydrogen) atoms. The molecule has 16 heteroatoms. The Labute approximate surface area is 356 Å². The van der Waals surface area contributed by atoms with Crippen molar-refractivity contribution in [2.75, 3.05) is 13.1 Å². The van der Waals surface area contributed by atoms with Crippen LogP contribution in [-0.4, -0.2) is 89.2 Å². The van der Waals surface area contributed by atoms with Crippen molar-refractivity contribution in [2.24, 2.45) is 11.5 Å². The molecule has 4 heterocycles. The van der Waals surface area contributed by atoms with Gasteiger partial charge in [-0.2, -0.15) is 0 Å². The molecule has 0 aliphatic carbocycles. The predicted octanol–water partition coefficient (Wildman–Crippen LogP) is 5.69. The zero-order chi connectivity index (χ0) is 43.7. The number of carbonyl (C=O) groups excluding carboxylic acids is 4. The van der Waals surface area contributed by atoms with Crippen LogP contribution in [0.3, 0.4) is 0 Å². The fraction of sp³-hybridized carbons (Fsp3) is 0.261. The van der Waals surface area contributed by atoms with Gasteiger partial charge >= 0.3 is 12.2 Å². The maximum absolute atomic E-state index is 13.8. The quantitative estimate of drug-likeness (QED) is 0.0931. The Morgan fingerprint density at radius 3 is 1.52 bits per heavy atom. The van der Waals surface area contributed by atoms with Crippen LogP contribution < -0.4 is 11.5 Å². The molecule has 6 atom stereocenters. The molecule has 0 radical (unpaired) electrons. The molecule has 8 rings (SSSR count). The van der Waals surface area contributed by atoms with Gasteiger partial charge in [-0.15, -0.1) is 0 Å². The second kappa shape index (κ2) is 17.4. The molecule has 2 aliphatic heterocycles. The van der Waals surface area contributed by atoms with Gasteiger partial charge in [0, 0.05) is 42.6 Å². The van der Waals surface area contributed by atoms with Crippen molar-refractivity contribution in [1.82, 2.24) is 29.7 Å². The lowest BCUT2D eigenvalue weighted by Gasteiger charge is -2.27. The van der Waals surface area contributed by atoms with E-state index in [4.69, 9.17) is 20.9 Å². The SMILES string of the molecule is Cc1c(-c2ccc(-c3cnc(C4C[C@H](O)CN4C(=O)[C@H](OC(N)=O)c4ccccc4)[nH]3)cc2)ccc(-c2cnc(C3C[C@H](O)CN3C(=O)[C@H](OC(N)=O)c3ccccc3)[nH]2)c1C. The number of carbonyl (C=O) groups is 4. The highest BCUT2D eigenvalue weighted by Gasteiger charge is 2.43. The van der Waals surface area contributed by atoms with E-state index in [-0.39, 0.29) is 25.9 Å². The van der Waals surface area contributed by atoms with Crippen LogP contribution in [0.15, 0.2) is 109 Å². The maximum atomic E-state index is 13.8. The molecule has 16 nitrogen and oxygen atoms in total. The normalized spacial score (nSPS) is 19.5. The number of hydrogen-bond acceptors (Lipinski definition) is 10. The maximum Gasteiger partial charge on any atom is 0.405 e. The summed E-state index contributed by atoms with van der Waals surface area (Å²) in [6.07, 6.45) is -2.44. The van der Waals surface area contributed by atoms with E-state index in [0.717, 1.165) is 44.8 Å². The Morgan fingerprint density at radius 2 is 1.03 bits per heavy atom. The van der Waals surface area contributed by atoms with E-state index in [0.29, 0.717) is 22.8 Å². The molecule has 4 aromatic carbocycles. The zero-order valence-corrected chi connectivity index (χ0v) is 34.0. The van der Waals surface area contributed by atoms with Crippen LogP contribution in [0.2, 0.25) is 0 Å². The minimum absolute atomic E-state index is 0.0352. The lowest BCUT2D eigenvalue weighted by atomic mass is 9.92. The molecule has 2 saturated heterocycles. The van der Waals surface area contributed by atoms with Gasteiger partial charge in [-0.1, -0.05) is 97.1 Å². The van der Waals surface area contributed by atoms with Crippen LogP contribution in [-0.2, 0) is 19.1 Å². The number of β-amino-alcohol motifs (C(OH)–C–C–N with tert-alkyl or cyclic N) is 2. The molecule has 318 valence electrons. The van der Waals surface area contributed by atoms with E-state index in [1.54, 1.807) is 73.1 Å². The number of hydrogen-bond donors (Lipinski definition) is 6. The van der Waals surface area contributed by atoms with Crippen LogP contribution in [0.5, 0.6) is 0 Å². The van der Waals surface area contributed by atoms with Gasteiger partial charge in [-0.25, -0.2) is 19.6 Å². The summed E-state index contributed by atoms with van der Waals surface area (Å²) < 4.78 is 10.5. The van der Waals surface area contributed by atoms with Crippen LogP contribution in [0.25, 0.3) is 33.6 Å². The zero-order valence-electron chi connectivity index (χ0n) is 34.0. The lowest BCUT2D eigenvalue weighted by molar-refractivity contribution is -0.142. The van der Waals surface area contributed by atoms with E-state index >= 15 is 0 Å². The topological polar surface area (TPSA) is 243 Å². The second-order valence-electron chi connectivity index (χ2n) is 15.6. The van der Waals surface area contributed by atoms with Crippen LogP contribution in [0.4, 0.5) is 9.59 Å². The number of rotatable bonds is 11. The number of H-pyrrole nitrogens is 2. The van der Waals surface area contributed by atoms with Gasteiger partial charge in [0.1, 0.15) is 11.6 Å². The number of benzene rings is 4. The first-order valence-corrected chi connectivity index (χ1v) is 20.2. The Hall–Kier alpha value is -7.30. The largest absolute Gasteiger partial charge is 0.431 e. The Bertz CT molecular complexity index is 2600. The smallest absolute Gasteiger partial charge is 0.405 e. The predicted molar refractivity (Wildman–Crippen MR) is 226 cm³/mol. The number of nitrogens with two attached hydrogens (primary N) is 2. The van der Waals surface area contributed by atoms with Crippen molar-refractivity contribution in [1.29, 1.82) is 0 Å². The first-order valence-electron chi connectivity index (χ1n) is 20.2. The summed E-state index contributed by atoms with van der Waals surface area (Å²) in [5, 5.41) is 21.3. The summed E-state index contributed by atoms with van der Waals surface area (Å²) in [5.74, 6) is -0.0444. The number of amides is 4. The Kier molecular flexibility index (Phi) is 11.6. The van der Waals surface area contributed by atoms with E-state index < -0.39 is 60.5 Å². The van der Waals surface area contributed by atoms with Gasteiger partial charge < -0.3 is 50.9 Å². The molecule has 2 fully saturated rings. The number of aromatic amines is 2. The summed E-state index contributed by atoms with van der Waals surface area (Å²) in [6, 6.07) is 28.1. The van der Waals surface area contributed by atoms with Crippen molar-refractivity contribution in [3.8, 4) is 33.6 Å². The highest BCUT2D eigenvalue weighted by atomic mass is 16.6. The third-order valence-electron chi connectivity index (χ3n) is 11.7. The number of ether oxygens (including phenoxy) is 2. The highest BCUT2D eigenvalue weighted by molar-refractivity contribution is 5.86. The number of imidazole rings is 2. The van der Waals surface area contributed by atoms with Gasteiger partial charge in [0.2, 0.25) is 12.2 Å². The lowest BCUT2D eigenvalue weighted by Crippen LogP contribution is -2.38. The Morgan fingerprint density at radius 1 is 0.613 bits per heavy atom. The first kappa shape index (κ1) is 41.4. The molecule has 2 aliphatic rings. The first-order chi connectivity index (χ1) is 29.9. The van der Waals surface area contributed by atoms with Gasteiger partial charge in [-0.05, 0) is 41.7 Å². The number of aliphatic hydroxyl groups excluding tert-OH is 2. The monoisotopic (exact) mass is 838 g/mol. The van der Waals surface area contributed by atoms with Gasteiger partial charge in [0.15, 0.2) is 0 Å². The Balaban J connectivity index is 0.983. The van der Waals surface area contributed by atoms with Crippen molar-refractivity contribution in [2.45, 2.75) is 63.2 Å². The number of nitrogens with zero attached hydrogens (tertiary/aromatic N) is 4. The molecular formula is C46H46N8O8. The van der Waals surface area contributed by atoms with Crippen molar-refractivity contribution in [3.63, 3.8) is 0 Å². The molecule has 4 amide bonds. The third-order valence-corrected chi connectivity index (χ3v) is 11.7. The fourth-order valence-electron chi connectivity index (χ4n) is 8.49. The molecule has 6 aromatic rings. The molecule has 2 aromatic heterocycles. The van der Waals surface area contributed by atoms with Gasteiger partial charge in [-0.3, -0.25) is 9.59 Å². The van der Waals surface area contributed by atoms with Crippen LogP contribution in [0.1, 0.15) is 71.0 Å². The fourth-order valence-corrected chi connectivity index (χ4v) is 8.49. The summed E-state index contributed by atoms with van der Waals surface area (Å²) in [5.41, 5.74) is 18.9. The summed E-state index contributed by atoms with van der Waals surface area (Å²) in [7, 11) is 0. The summed E-state index contributed by atoms with van der Waals surface area (Å²) in [4.78, 5) is 70.1. The van der Waals surface area contributed by atoms with E-state index in [2.05, 4.69) is 26.9 Å². The van der Waals surface area contributed by atoms with E-state index in [9.17, 15) is 29.4 Å². The number of primary amides is 2. The molecule has 0 bridgehead atoms. The number of aromatic nitrogens is 4. The molecule has 0 spiro atoms. The summed E-state index contributed by atoms with van der Waals surface area (Å²) >= 11 is 0. The highest BCUT2D eigenvalue weighted by Crippen LogP contribution is 2.39. The number of aliphatic hydroxyl groups is 2. The standard InChI is InChI=1S/C46H46N8O8/c1-25-26(2)34(36-22-50-42(52-36)38-20-32(56)24-54(38)44(58)40(62-46(48)60)30-11-7-4-8-12-30)18-17-33(25)27-13-15-28(16-14-27)35-21-49-41(51-35)37-19-31(55)23-53(37)43(57)39(61-45(47)59)29-9-5-3-6-10-29/h3-18,21-22,31-32,37-40,55-56H,19-20,23-24H2,1-2H3,(H2,47,59)(H2,48,60)(H,49,51)(H,50,52)/t31-,32-,37?,38?,39+,40+/m0/s1. The van der Waals surface area contributed by atoms with Crippen molar-refractivity contribution in [3.05, 3.63) is 143 Å². The van der Waals surface area contributed by atoms with Gasteiger partial charge in [0.05, 0.1) is 48.1 Å². The average Bonchev–Trinajstić information content (AvgIpc) is 4.10. The van der Waals surface area contributed by atoms with Crippen molar-refractivity contribution < 1.29 is 38.9 Å². The molecular weight excluding hydrogens is 793 g/mol. The minimum Gasteiger partial charge on any atom is -0.431 e. The van der Waals surface area contributed by atoms with Crippen molar-refractivity contribution >= 4 is 24.0 Å². The molecule has 2 unspecified atom stereocenters. The minimum atomic E-state index is -1.28. The van der Waals surface area contributed by atoms with Gasteiger partial charge in [0.25, 0.3) is 11.8 Å². The number of likely N-dealkylation sites (tertiary alicyclic amines) is 2. The number of nitrogens with one attached hydrogen (secondary N) is 2. The van der Waals surface area contributed by atoms with E-state index in [1.807, 2.05) is 43.3 Å². The second-order valence-corrected chi connectivity index (χ2v) is 15.6.